The molecule has 150 valence electrons. The molecular weight excluding hydrogens is 417 g/mol. The molecule has 0 bridgehead atoms. The summed E-state index contributed by atoms with van der Waals surface area (Å²) in [4.78, 5) is 23.8. The van der Waals surface area contributed by atoms with E-state index in [1.54, 1.807) is 12.1 Å². The lowest BCUT2D eigenvalue weighted by Gasteiger charge is -2.08. The molecule has 0 aliphatic rings. The number of nitrogens with one attached hydrogen (secondary N) is 1. The summed E-state index contributed by atoms with van der Waals surface area (Å²) in [5, 5.41) is 11.2. The highest BCUT2D eigenvalue weighted by Crippen LogP contribution is 2.25. The SMILES string of the molecule is Cc1ccc(-c2nnc(CCC(=O)OCC(=O)Nc3cc(Cl)ccc3Cl)o2)cc1. The Hall–Kier alpha value is -2.90. The van der Waals surface area contributed by atoms with Crippen LogP contribution in [0.5, 0.6) is 0 Å². The van der Waals surface area contributed by atoms with Crippen molar-refractivity contribution in [1.82, 2.24) is 10.2 Å². The van der Waals surface area contributed by atoms with E-state index in [0.717, 1.165) is 11.1 Å². The van der Waals surface area contributed by atoms with E-state index in [-0.39, 0.29) is 12.8 Å². The number of halogens is 2. The van der Waals surface area contributed by atoms with Crippen molar-refractivity contribution in [2.45, 2.75) is 19.8 Å². The van der Waals surface area contributed by atoms with Gasteiger partial charge in [-0.05, 0) is 37.3 Å². The number of carbonyl (C=O) groups excluding carboxylic acids is 2. The molecule has 0 atom stereocenters. The second kappa shape index (κ2) is 9.54. The minimum Gasteiger partial charge on any atom is -0.456 e. The van der Waals surface area contributed by atoms with E-state index < -0.39 is 18.5 Å². The number of anilines is 1. The van der Waals surface area contributed by atoms with Crippen LogP contribution in [-0.2, 0) is 20.7 Å². The number of aromatic nitrogens is 2. The molecule has 0 saturated carbocycles. The highest BCUT2D eigenvalue weighted by atomic mass is 35.5. The number of hydrogen-bond acceptors (Lipinski definition) is 6. The quantitative estimate of drug-likeness (QED) is 0.552. The van der Waals surface area contributed by atoms with Gasteiger partial charge in [0.2, 0.25) is 11.8 Å². The van der Waals surface area contributed by atoms with Crippen molar-refractivity contribution >= 4 is 40.8 Å². The number of nitrogens with zero attached hydrogens (tertiary/aromatic N) is 2. The summed E-state index contributed by atoms with van der Waals surface area (Å²) in [5.74, 6) is -0.395. The molecule has 0 spiro atoms. The zero-order chi connectivity index (χ0) is 20.8. The van der Waals surface area contributed by atoms with Gasteiger partial charge in [0.15, 0.2) is 6.61 Å². The number of aryl methyl sites for hydroxylation is 2. The van der Waals surface area contributed by atoms with Crippen LogP contribution in [0.3, 0.4) is 0 Å². The summed E-state index contributed by atoms with van der Waals surface area (Å²) >= 11 is 11.8. The average Bonchev–Trinajstić information content (AvgIpc) is 3.17. The van der Waals surface area contributed by atoms with Crippen LogP contribution in [0.2, 0.25) is 10.0 Å². The lowest BCUT2D eigenvalue weighted by molar-refractivity contribution is -0.147. The van der Waals surface area contributed by atoms with Gasteiger partial charge in [-0.15, -0.1) is 10.2 Å². The van der Waals surface area contributed by atoms with E-state index in [1.807, 2.05) is 31.2 Å². The van der Waals surface area contributed by atoms with Crippen molar-refractivity contribution in [1.29, 1.82) is 0 Å². The fraction of sp³-hybridized carbons (Fsp3) is 0.200. The lowest BCUT2D eigenvalue weighted by atomic mass is 10.1. The number of benzene rings is 2. The zero-order valence-electron chi connectivity index (χ0n) is 15.4. The number of carbonyl (C=O) groups is 2. The van der Waals surface area contributed by atoms with Gasteiger partial charge in [0.25, 0.3) is 5.91 Å². The molecule has 3 rings (SSSR count). The van der Waals surface area contributed by atoms with Crippen LogP contribution in [-0.4, -0.2) is 28.7 Å². The smallest absolute Gasteiger partial charge is 0.306 e. The van der Waals surface area contributed by atoms with Gasteiger partial charge in [-0.1, -0.05) is 40.9 Å². The number of esters is 1. The minimum absolute atomic E-state index is 0.000727. The monoisotopic (exact) mass is 433 g/mol. The highest BCUT2D eigenvalue weighted by Gasteiger charge is 2.13. The van der Waals surface area contributed by atoms with Crippen LogP contribution in [0.25, 0.3) is 11.5 Å². The summed E-state index contributed by atoms with van der Waals surface area (Å²) in [6.07, 6.45) is 0.208. The molecule has 0 radical (unpaired) electrons. The summed E-state index contributed by atoms with van der Waals surface area (Å²) in [6.45, 7) is 1.54. The van der Waals surface area contributed by atoms with Crippen molar-refractivity contribution in [3.05, 3.63) is 64.0 Å². The molecule has 1 heterocycles. The van der Waals surface area contributed by atoms with Gasteiger partial charge in [0, 0.05) is 17.0 Å². The third-order valence-corrected chi connectivity index (χ3v) is 4.44. The Kier molecular flexibility index (Phi) is 6.85. The van der Waals surface area contributed by atoms with Gasteiger partial charge in [0.05, 0.1) is 17.1 Å². The predicted molar refractivity (Wildman–Crippen MR) is 109 cm³/mol. The summed E-state index contributed by atoms with van der Waals surface area (Å²) < 4.78 is 10.5. The highest BCUT2D eigenvalue weighted by molar-refractivity contribution is 6.35. The van der Waals surface area contributed by atoms with Crippen molar-refractivity contribution in [3.63, 3.8) is 0 Å². The van der Waals surface area contributed by atoms with E-state index in [1.165, 1.54) is 6.07 Å². The first-order valence-electron chi connectivity index (χ1n) is 8.70. The lowest BCUT2D eigenvalue weighted by Crippen LogP contribution is -2.21. The first-order valence-corrected chi connectivity index (χ1v) is 9.46. The number of rotatable bonds is 7. The molecule has 0 fully saturated rings. The zero-order valence-corrected chi connectivity index (χ0v) is 17.0. The van der Waals surface area contributed by atoms with Gasteiger partial charge in [-0.2, -0.15) is 0 Å². The molecule has 1 N–H and O–H groups in total. The largest absolute Gasteiger partial charge is 0.456 e. The van der Waals surface area contributed by atoms with E-state index in [0.29, 0.717) is 27.5 Å². The molecule has 1 amide bonds. The summed E-state index contributed by atoms with van der Waals surface area (Å²) in [7, 11) is 0. The van der Waals surface area contributed by atoms with Crippen LogP contribution >= 0.6 is 23.2 Å². The Morgan fingerprint density at radius 3 is 2.62 bits per heavy atom. The fourth-order valence-corrected chi connectivity index (χ4v) is 2.71. The van der Waals surface area contributed by atoms with Crippen molar-refractivity contribution in [3.8, 4) is 11.5 Å². The van der Waals surface area contributed by atoms with E-state index in [2.05, 4.69) is 15.5 Å². The molecule has 7 nitrogen and oxygen atoms in total. The predicted octanol–water partition coefficient (Wildman–Crippen LogP) is 4.47. The Labute approximate surface area is 177 Å². The van der Waals surface area contributed by atoms with Crippen LogP contribution < -0.4 is 5.32 Å². The third-order valence-electron chi connectivity index (χ3n) is 3.88. The maximum atomic E-state index is 11.9. The third kappa shape index (κ3) is 6.04. The Balaban J connectivity index is 1.45. The first kappa shape index (κ1) is 20.8. The normalized spacial score (nSPS) is 10.6. The molecule has 0 aliphatic carbocycles. The van der Waals surface area contributed by atoms with Crippen LogP contribution in [0.15, 0.2) is 46.9 Å². The Morgan fingerprint density at radius 1 is 1.10 bits per heavy atom. The van der Waals surface area contributed by atoms with Crippen molar-refractivity contribution in [2.75, 3.05) is 11.9 Å². The number of ether oxygens (including phenoxy) is 1. The molecule has 1 aromatic heterocycles. The molecule has 2 aromatic carbocycles. The molecule has 9 heteroatoms. The van der Waals surface area contributed by atoms with E-state index in [9.17, 15) is 9.59 Å². The standard InChI is InChI=1S/C20H17Cl2N3O4/c1-12-2-4-13(5-3-12)20-25-24-18(29-20)8-9-19(27)28-11-17(26)23-16-10-14(21)6-7-15(16)22/h2-7,10H,8-9,11H2,1H3,(H,23,26). The van der Waals surface area contributed by atoms with Gasteiger partial charge in [0.1, 0.15) is 0 Å². The minimum atomic E-state index is -0.563. The van der Waals surface area contributed by atoms with Crippen molar-refractivity contribution < 1.29 is 18.7 Å². The van der Waals surface area contributed by atoms with E-state index in [4.69, 9.17) is 32.4 Å². The maximum Gasteiger partial charge on any atom is 0.306 e. The fourth-order valence-electron chi connectivity index (χ4n) is 2.37. The second-order valence-electron chi connectivity index (χ2n) is 6.20. The van der Waals surface area contributed by atoms with Gasteiger partial charge in [-0.3, -0.25) is 9.59 Å². The second-order valence-corrected chi connectivity index (χ2v) is 7.04. The number of amides is 1. The first-order chi connectivity index (χ1) is 13.9. The van der Waals surface area contributed by atoms with Crippen LogP contribution in [0.1, 0.15) is 17.9 Å². The van der Waals surface area contributed by atoms with Gasteiger partial charge < -0.3 is 14.5 Å². The van der Waals surface area contributed by atoms with Crippen LogP contribution in [0, 0.1) is 6.92 Å². The van der Waals surface area contributed by atoms with Crippen molar-refractivity contribution in [2.24, 2.45) is 0 Å². The van der Waals surface area contributed by atoms with Gasteiger partial charge in [-0.25, -0.2) is 0 Å². The molecule has 29 heavy (non-hydrogen) atoms. The number of hydrogen-bond donors (Lipinski definition) is 1. The molecular formula is C20H17Cl2N3O4. The summed E-state index contributed by atoms with van der Waals surface area (Å²) in [5.41, 5.74) is 2.26. The molecule has 3 aromatic rings. The summed E-state index contributed by atoms with van der Waals surface area (Å²) in [6, 6.07) is 12.3. The molecule has 0 saturated heterocycles. The van der Waals surface area contributed by atoms with Gasteiger partial charge >= 0.3 is 5.97 Å². The van der Waals surface area contributed by atoms with E-state index >= 15 is 0 Å². The Morgan fingerprint density at radius 2 is 1.86 bits per heavy atom. The molecule has 0 aliphatic heterocycles. The topological polar surface area (TPSA) is 94.3 Å². The maximum absolute atomic E-state index is 11.9. The molecule has 0 unspecified atom stereocenters. The average molecular weight is 434 g/mol. The van der Waals surface area contributed by atoms with Crippen LogP contribution in [0.4, 0.5) is 5.69 Å². The Bertz CT molecular complexity index is 1020.